The van der Waals surface area contributed by atoms with Gasteiger partial charge in [-0.2, -0.15) is 4.39 Å². The Morgan fingerprint density at radius 1 is 1.68 bits per heavy atom. The molecule has 4 atom stereocenters. The van der Waals surface area contributed by atoms with Gasteiger partial charge < -0.3 is 14.9 Å². The van der Waals surface area contributed by atoms with E-state index in [-0.39, 0.29) is 4.77 Å². The number of aromatic nitrogens is 2. The van der Waals surface area contributed by atoms with E-state index < -0.39 is 42.1 Å². The van der Waals surface area contributed by atoms with Crippen molar-refractivity contribution in [3.8, 4) is 0 Å². The van der Waals surface area contributed by atoms with E-state index in [2.05, 4.69) is 0 Å². The van der Waals surface area contributed by atoms with Crippen molar-refractivity contribution in [3.05, 3.63) is 27.1 Å². The lowest BCUT2D eigenvalue weighted by Crippen LogP contribution is -2.42. The number of nitrogens with one attached hydrogen (secondary N) is 1. The summed E-state index contributed by atoms with van der Waals surface area (Å²) < 4.78 is 32.9. The summed E-state index contributed by atoms with van der Waals surface area (Å²) in [4.78, 5) is 13.1. The first kappa shape index (κ1) is 14.3. The molecule has 0 aliphatic carbocycles. The van der Waals surface area contributed by atoms with E-state index >= 15 is 0 Å². The maximum atomic E-state index is 13.9. The van der Waals surface area contributed by atoms with Crippen molar-refractivity contribution in [2.75, 3.05) is 6.61 Å². The maximum absolute atomic E-state index is 13.9. The number of H-pyrrole nitrogens is 1. The first-order valence-corrected chi connectivity index (χ1v) is 5.83. The Balaban J connectivity index is 2.51. The van der Waals surface area contributed by atoms with Crippen molar-refractivity contribution >= 4 is 12.2 Å². The Morgan fingerprint density at radius 3 is 2.84 bits per heavy atom. The Hall–Kier alpha value is -1.16. The van der Waals surface area contributed by atoms with E-state index in [0.717, 1.165) is 17.7 Å². The summed E-state index contributed by atoms with van der Waals surface area (Å²) in [5.74, 6) is -1.14. The van der Waals surface area contributed by atoms with Gasteiger partial charge in [0.1, 0.15) is 11.7 Å². The minimum absolute atomic E-state index is 0.220. The molecule has 2 heterocycles. The van der Waals surface area contributed by atoms with Gasteiger partial charge >= 0.3 is 0 Å². The number of halogens is 2. The average molecular weight is 294 g/mol. The van der Waals surface area contributed by atoms with Gasteiger partial charge in [0.2, 0.25) is 5.82 Å². The molecule has 1 aromatic heterocycles. The molecule has 1 fully saturated rings. The molecule has 6 nitrogen and oxygen atoms in total. The molecular weight excluding hydrogens is 282 g/mol. The largest absolute Gasteiger partial charge is 0.394 e. The third-order valence-electron chi connectivity index (χ3n) is 3.05. The smallest absolute Gasteiger partial charge is 0.287 e. The highest BCUT2D eigenvalue weighted by Gasteiger charge is 2.54. The van der Waals surface area contributed by atoms with Crippen molar-refractivity contribution in [1.29, 1.82) is 0 Å². The van der Waals surface area contributed by atoms with Crippen molar-refractivity contribution in [2.24, 2.45) is 0 Å². The number of ether oxygens (including phenoxy) is 1. The van der Waals surface area contributed by atoms with Crippen molar-refractivity contribution in [2.45, 2.75) is 31.0 Å². The van der Waals surface area contributed by atoms with Gasteiger partial charge in [-0.3, -0.25) is 14.3 Å². The molecule has 0 radical (unpaired) electrons. The van der Waals surface area contributed by atoms with Crippen LogP contribution in [0.5, 0.6) is 0 Å². The Morgan fingerprint density at radius 2 is 2.32 bits per heavy atom. The third kappa shape index (κ3) is 2.22. The zero-order valence-electron chi connectivity index (χ0n) is 9.84. The van der Waals surface area contributed by atoms with E-state index in [0.29, 0.717) is 0 Å². The van der Waals surface area contributed by atoms with Crippen LogP contribution in [-0.2, 0) is 4.74 Å². The molecule has 0 spiro atoms. The molecule has 19 heavy (non-hydrogen) atoms. The molecule has 3 N–H and O–H groups in total. The van der Waals surface area contributed by atoms with Crippen LogP contribution in [0.2, 0.25) is 0 Å². The predicted octanol–water partition coefficient (Wildman–Crippen LogP) is 0.0238. The minimum atomic E-state index is -2.02. The summed E-state index contributed by atoms with van der Waals surface area (Å²) in [6.07, 6.45) is -3.75. The number of nitrogens with zero attached hydrogens (tertiary/aromatic N) is 1. The number of hydrogen-bond donors (Lipinski definition) is 3. The van der Waals surface area contributed by atoms with Crippen LogP contribution in [0.15, 0.2) is 11.0 Å². The summed E-state index contributed by atoms with van der Waals surface area (Å²) in [6, 6.07) is 0. The zero-order chi connectivity index (χ0) is 14.4. The highest BCUT2D eigenvalue weighted by molar-refractivity contribution is 7.71. The van der Waals surface area contributed by atoms with E-state index in [1.807, 2.05) is 4.98 Å². The van der Waals surface area contributed by atoms with Gasteiger partial charge in [-0.1, -0.05) is 0 Å². The topological polar surface area (TPSA) is 87.5 Å². The van der Waals surface area contributed by atoms with Crippen molar-refractivity contribution in [3.63, 3.8) is 0 Å². The van der Waals surface area contributed by atoms with Gasteiger partial charge in [0.05, 0.1) is 12.8 Å². The summed E-state index contributed by atoms with van der Waals surface area (Å²) >= 11 is 4.82. The van der Waals surface area contributed by atoms with Gasteiger partial charge in [-0.15, -0.1) is 0 Å². The molecule has 1 saturated heterocycles. The highest BCUT2D eigenvalue weighted by Crippen LogP contribution is 2.39. The second-order valence-electron chi connectivity index (χ2n) is 4.48. The molecule has 1 unspecified atom stereocenters. The van der Waals surface area contributed by atoms with E-state index in [9.17, 15) is 18.7 Å². The van der Waals surface area contributed by atoms with Gasteiger partial charge in [-0.25, -0.2) is 4.39 Å². The normalized spacial score (nSPS) is 34.7. The van der Waals surface area contributed by atoms with Crippen LogP contribution in [0.4, 0.5) is 8.78 Å². The first-order chi connectivity index (χ1) is 8.78. The lowest BCUT2D eigenvalue weighted by molar-refractivity contribution is -0.0927. The number of aliphatic hydroxyl groups excluding tert-OH is 1. The summed E-state index contributed by atoms with van der Waals surface area (Å²) in [5.41, 5.74) is -3.04. The Labute approximate surface area is 111 Å². The number of aliphatic hydroxyl groups is 2. The second kappa shape index (κ2) is 4.75. The standard InChI is InChI=1S/C10H12F2N2O4S/c1-10(17)6(12)5(3-15)18-8(10)14-2-4(11)7(16)13-9(14)19/h2,5-6,8,15,17H,3H2,1H3,(H,13,16,19)/t5-,6?,8-,10-/m1/s1. The number of rotatable bonds is 2. The summed E-state index contributed by atoms with van der Waals surface area (Å²) in [7, 11) is 0. The Kier molecular flexibility index (Phi) is 3.56. The van der Waals surface area contributed by atoms with Crippen LogP contribution < -0.4 is 5.56 Å². The van der Waals surface area contributed by atoms with E-state index in [4.69, 9.17) is 22.1 Å². The number of hydrogen-bond acceptors (Lipinski definition) is 5. The number of aromatic amines is 1. The average Bonchev–Trinajstić information content (AvgIpc) is 2.56. The molecule has 1 aromatic rings. The van der Waals surface area contributed by atoms with Crippen LogP contribution in [0.1, 0.15) is 13.2 Å². The SMILES string of the molecule is C[C@@]1(O)C(F)[C@@H](CO)O[C@H]1n1cc(F)c(=O)[nH]c1=S. The summed E-state index contributed by atoms with van der Waals surface area (Å²) in [5, 5.41) is 19.0. The molecular formula is C10H12F2N2O4S. The molecule has 0 bridgehead atoms. The van der Waals surface area contributed by atoms with E-state index in [1.54, 1.807) is 0 Å². The van der Waals surface area contributed by atoms with Crippen molar-refractivity contribution < 1.29 is 23.7 Å². The van der Waals surface area contributed by atoms with Crippen LogP contribution >= 0.6 is 12.2 Å². The lowest BCUT2D eigenvalue weighted by Gasteiger charge is -2.27. The molecule has 106 valence electrons. The van der Waals surface area contributed by atoms with Gasteiger partial charge in [0.25, 0.3) is 5.56 Å². The highest BCUT2D eigenvalue weighted by atomic mass is 32.1. The lowest BCUT2D eigenvalue weighted by atomic mass is 9.98. The van der Waals surface area contributed by atoms with Gasteiger partial charge in [0, 0.05) is 0 Å². The second-order valence-corrected chi connectivity index (χ2v) is 4.87. The van der Waals surface area contributed by atoms with Crippen molar-refractivity contribution in [1.82, 2.24) is 9.55 Å². The molecule has 2 rings (SSSR count). The van der Waals surface area contributed by atoms with E-state index in [1.165, 1.54) is 0 Å². The zero-order valence-corrected chi connectivity index (χ0v) is 10.7. The fraction of sp³-hybridized carbons (Fsp3) is 0.600. The third-order valence-corrected chi connectivity index (χ3v) is 3.36. The monoisotopic (exact) mass is 294 g/mol. The maximum Gasteiger partial charge on any atom is 0.287 e. The number of alkyl halides is 1. The van der Waals surface area contributed by atoms with Crippen LogP contribution in [0.25, 0.3) is 0 Å². The van der Waals surface area contributed by atoms with Crippen LogP contribution in [0.3, 0.4) is 0 Å². The van der Waals surface area contributed by atoms with Gasteiger partial charge in [-0.05, 0) is 19.1 Å². The van der Waals surface area contributed by atoms with Crippen LogP contribution in [0, 0.1) is 10.6 Å². The Bertz CT molecular complexity index is 600. The molecule has 1 aliphatic heterocycles. The summed E-state index contributed by atoms with van der Waals surface area (Å²) in [6.45, 7) is 0.496. The quantitative estimate of drug-likeness (QED) is 0.670. The fourth-order valence-electron chi connectivity index (χ4n) is 2.00. The minimum Gasteiger partial charge on any atom is -0.394 e. The fourth-order valence-corrected chi connectivity index (χ4v) is 2.24. The molecule has 0 aromatic carbocycles. The molecule has 1 aliphatic rings. The first-order valence-electron chi connectivity index (χ1n) is 5.42. The molecule has 0 amide bonds. The molecule has 0 saturated carbocycles. The molecule has 9 heteroatoms. The predicted molar refractivity (Wildman–Crippen MR) is 62.4 cm³/mol. The van der Waals surface area contributed by atoms with Crippen LogP contribution in [-0.4, -0.2) is 44.2 Å². The van der Waals surface area contributed by atoms with Gasteiger partial charge in [0.15, 0.2) is 17.2 Å².